The molecule has 7 heteroatoms. The number of aryl methyl sites for hydroxylation is 2. The van der Waals surface area contributed by atoms with E-state index in [-0.39, 0.29) is 22.3 Å². The van der Waals surface area contributed by atoms with Crippen LogP contribution >= 0.6 is 11.3 Å². The van der Waals surface area contributed by atoms with Gasteiger partial charge in [0.05, 0.1) is 16.6 Å². The summed E-state index contributed by atoms with van der Waals surface area (Å²) in [6.45, 7) is 3.75. The number of fused-ring (bicyclic) bond motifs is 2. The molecule has 0 radical (unpaired) electrons. The standard InChI is InChI=1S/C22H15FN2O3S/c1-11-12(2)29-22(24-11)25-18(13-7-3-5-9-15(13)23)17-19(26)14-8-4-6-10-16(14)28-20(17)21(25)27/h3-10,18H,1-2H3/t18-/m1/s1. The van der Waals surface area contributed by atoms with Gasteiger partial charge in [-0.2, -0.15) is 0 Å². The quantitative estimate of drug-likeness (QED) is 0.482. The van der Waals surface area contributed by atoms with Crippen LogP contribution in [0.15, 0.2) is 57.7 Å². The van der Waals surface area contributed by atoms with Crippen LogP contribution in [0.2, 0.25) is 0 Å². The molecule has 0 unspecified atom stereocenters. The van der Waals surface area contributed by atoms with Gasteiger partial charge in [0.2, 0.25) is 5.76 Å². The van der Waals surface area contributed by atoms with Gasteiger partial charge in [-0.3, -0.25) is 14.5 Å². The minimum absolute atomic E-state index is 0.0625. The van der Waals surface area contributed by atoms with E-state index in [1.165, 1.54) is 22.3 Å². The minimum atomic E-state index is -0.940. The molecule has 0 aliphatic carbocycles. The van der Waals surface area contributed by atoms with Crippen molar-refractivity contribution in [3.63, 3.8) is 0 Å². The van der Waals surface area contributed by atoms with E-state index in [0.29, 0.717) is 16.1 Å². The number of hydrogen-bond acceptors (Lipinski definition) is 5. The van der Waals surface area contributed by atoms with Crippen molar-refractivity contribution in [2.24, 2.45) is 0 Å². The van der Waals surface area contributed by atoms with Crippen LogP contribution in [0, 0.1) is 19.7 Å². The normalized spacial score (nSPS) is 15.9. The lowest BCUT2D eigenvalue weighted by Gasteiger charge is -2.22. The Morgan fingerprint density at radius 3 is 2.52 bits per heavy atom. The number of anilines is 1. The smallest absolute Gasteiger partial charge is 0.297 e. The molecule has 1 amide bonds. The molecule has 5 nitrogen and oxygen atoms in total. The highest BCUT2D eigenvalue weighted by Gasteiger charge is 2.45. The topological polar surface area (TPSA) is 63.4 Å². The molecule has 144 valence electrons. The fourth-order valence-corrected chi connectivity index (χ4v) is 4.60. The summed E-state index contributed by atoms with van der Waals surface area (Å²) in [4.78, 5) is 33.5. The number of hydrogen-bond donors (Lipinski definition) is 0. The van der Waals surface area contributed by atoms with E-state index in [9.17, 15) is 14.0 Å². The largest absolute Gasteiger partial charge is 0.450 e. The minimum Gasteiger partial charge on any atom is -0.450 e. The first-order chi connectivity index (χ1) is 14.0. The van der Waals surface area contributed by atoms with Crippen molar-refractivity contribution >= 4 is 33.3 Å². The van der Waals surface area contributed by atoms with E-state index in [2.05, 4.69) is 4.98 Å². The molecule has 0 spiro atoms. The van der Waals surface area contributed by atoms with Gasteiger partial charge < -0.3 is 4.42 Å². The molecule has 2 aromatic heterocycles. The summed E-state index contributed by atoms with van der Waals surface area (Å²) in [7, 11) is 0. The third-order valence-corrected chi connectivity index (χ3v) is 6.27. The highest BCUT2D eigenvalue weighted by molar-refractivity contribution is 7.15. The summed E-state index contributed by atoms with van der Waals surface area (Å²) in [6, 6.07) is 12.0. The third kappa shape index (κ3) is 2.54. The van der Waals surface area contributed by atoms with Crippen molar-refractivity contribution in [3.8, 4) is 0 Å². The van der Waals surface area contributed by atoms with Gasteiger partial charge in [0.25, 0.3) is 5.91 Å². The van der Waals surface area contributed by atoms with Crippen LogP contribution in [-0.2, 0) is 0 Å². The van der Waals surface area contributed by atoms with Gasteiger partial charge >= 0.3 is 0 Å². The van der Waals surface area contributed by atoms with Crippen molar-refractivity contribution in [3.05, 3.63) is 92.0 Å². The Labute approximate surface area is 169 Å². The van der Waals surface area contributed by atoms with E-state index in [0.717, 1.165) is 10.6 Å². The molecule has 1 aliphatic heterocycles. The van der Waals surface area contributed by atoms with Crippen molar-refractivity contribution < 1.29 is 13.6 Å². The number of halogens is 1. The summed E-state index contributed by atoms with van der Waals surface area (Å²) in [6.07, 6.45) is 0. The van der Waals surface area contributed by atoms with Crippen molar-refractivity contribution in [2.45, 2.75) is 19.9 Å². The Morgan fingerprint density at radius 1 is 1.07 bits per heavy atom. The number of amides is 1. The van der Waals surface area contributed by atoms with Crippen LogP contribution in [0.4, 0.5) is 9.52 Å². The number of thiazole rings is 1. The molecule has 3 heterocycles. The van der Waals surface area contributed by atoms with Crippen molar-refractivity contribution in [2.75, 3.05) is 4.90 Å². The zero-order valence-corrected chi connectivity index (χ0v) is 16.4. The van der Waals surface area contributed by atoms with Crippen LogP contribution in [0.25, 0.3) is 11.0 Å². The summed E-state index contributed by atoms with van der Waals surface area (Å²) in [5.74, 6) is -1.06. The number of aromatic nitrogens is 1. The molecule has 4 aromatic rings. The van der Waals surface area contributed by atoms with E-state index in [1.807, 2.05) is 13.8 Å². The fraction of sp³-hybridized carbons (Fsp3) is 0.136. The van der Waals surface area contributed by atoms with Crippen LogP contribution in [0.1, 0.15) is 38.3 Å². The maximum absolute atomic E-state index is 14.8. The lowest BCUT2D eigenvalue weighted by molar-refractivity contribution is 0.0970. The molecule has 1 aliphatic rings. The summed E-state index contributed by atoms with van der Waals surface area (Å²) < 4.78 is 20.6. The Hall–Kier alpha value is -3.32. The summed E-state index contributed by atoms with van der Waals surface area (Å²) in [5.41, 5.74) is 1.14. The Kier molecular flexibility index (Phi) is 3.89. The predicted molar refractivity (Wildman–Crippen MR) is 109 cm³/mol. The second-order valence-electron chi connectivity index (χ2n) is 6.91. The highest BCUT2D eigenvalue weighted by Crippen LogP contribution is 2.43. The molecule has 5 rings (SSSR count). The van der Waals surface area contributed by atoms with Gasteiger partial charge in [-0.1, -0.05) is 30.3 Å². The molecule has 0 N–H and O–H groups in total. The number of nitrogens with zero attached hydrogens (tertiary/aromatic N) is 2. The molecule has 2 aromatic carbocycles. The van der Waals surface area contributed by atoms with Gasteiger partial charge in [0.1, 0.15) is 17.4 Å². The SMILES string of the molecule is Cc1nc(N2C(=O)c3oc4ccccc4c(=O)c3[C@H]2c2ccccc2F)sc1C. The third-order valence-electron chi connectivity index (χ3n) is 5.20. The van der Waals surface area contributed by atoms with Gasteiger partial charge in [-0.15, -0.1) is 11.3 Å². The second kappa shape index (κ2) is 6.35. The second-order valence-corrected chi connectivity index (χ2v) is 8.09. The molecular formula is C22H15FN2O3S. The highest BCUT2D eigenvalue weighted by atomic mass is 32.1. The molecular weight excluding hydrogens is 391 g/mol. The Bertz CT molecular complexity index is 1340. The average Bonchev–Trinajstić information content (AvgIpc) is 3.19. The van der Waals surface area contributed by atoms with Crippen LogP contribution in [0.5, 0.6) is 0 Å². The zero-order chi connectivity index (χ0) is 20.3. The van der Waals surface area contributed by atoms with Crippen molar-refractivity contribution in [1.82, 2.24) is 4.98 Å². The first-order valence-electron chi connectivity index (χ1n) is 9.05. The first kappa shape index (κ1) is 17.8. The van der Waals surface area contributed by atoms with Gasteiger partial charge in [0, 0.05) is 10.4 Å². The van der Waals surface area contributed by atoms with Crippen LogP contribution in [-0.4, -0.2) is 10.9 Å². The molecule has 0 fully saturated rings. The summed E-state index contributed by atoms with van der Waals surface area (Å²) >= 11 is 1.33. The summed E-state index contributed by atoms with van der Waals surface area (Å²) in [5, 5.41) is 0.766. The monoisotopic (exact) mass is 406 g/mol. The Morgan fingerprint density at radius 2 is 1.79 bits per heavy atom. The number of carbonyl (C=O) groups excluding carboxylic acids is 1. The van der Waals surface area contributed by atoms with Crippen molar-refractivity contribution in [1.29, 1.82) is 0 Å². The lowest BCUT2D eigenvalue weighted by atomic mass is 9.98. The molecule has 0 bridgehead atoms. The van der Waals surface area contributed by atoms with E-state index >= 15 is 0 Å². The van der Waals surface area contributed by atoms with E-state index in [4.69, 9.17) is 4.42 Å². The maximum atomic E-state index is 14.8. The number of para-hydroxylation sites is 1. The van der Waals surface area contributed by atoms with E-state index in [1.54, 1.807) is 42.5 Å². The first-order valence-corrected chi connectivity index (χ1v) is 9.86. The molecule has 29 heavy (non-hydrogen) atoms. The average molecular weight is 406 g/mol. The lowest BCUT2D eigenvalue weighted by Crippen LogP contribution is -2.30. The maximum Gasteiger partial charge on any atom is 0.297 e. The number of rotatable bonds is 2. The Balaban J connectivity index is 1.85. The van der Waals surface area contributed by atoms with Crippen LogP contribution < -0.4 is 10.3 Å². The van der Waals surface area contributed by atoms with Crippen LogP contribution in [0.3, 0.4) is 0 Å². The molecule has 0 saturated heterocycles. The number of carbonyl (C=O) groups is 1. The zero-order valence-electron chi connectivity index (χ0n) is 15.6. The number of benzene rings is 2. The van der Waals surface area contributed by atoms with Gasteiger partial charge in [0.15, 0.2) is 10.6 Å². The molecule has 1 atom stereocenters. The van der Waals surface area contributed by atoms with Gasteiger partial charge in [-0.25, -0.2) is 9.37 Å². The predicted octanol–water partition coefficient (Wildman–Crippen LogP) is 4.76. The molecule has 0 saturated carbocycles. The van der Waals surface area contributed by atoms with E-state index < -0.39 is 17.8 Å². The van der Waals surface area contributed by atoms with Gasteiger partial charge in [-0.05, 0) is 32.0 Å². The fourth-order valence-electron chi connectivity index (χ4n) is 3.67.